The topological polar surface area (TPSA) is 47.3 Å². The second kappa shape index (κ2) is 7.22. The number of rotatable bonds is 5. The average molecular weight is 374 g/mol. The van der Waals surface area contributed by atoms with Crippen molar-refractivity contribution in [2.75, 3.05) is 7.11 Å². The quantitative estimate of drug-likeness (QED) is 0.615. The average Bonchev–Trinajstić information content (AvgIpc) is 2.49. The molecule has 0 aromatic heterocycles. The summed E-state index contributed by atoms with van der Waals surface area (Å²) >= 11 is 9.30. The normalized spacial score (nSPS) is 12.2. The number of methoxy groups -OCH3 is 1. The van der Waals surface area contributed by atoms with Gasteiger partial charge in [0.15, 0.2) is 0 Å². The Bertz CT molecular complexity index is 639. The smallest absolute Gasteiger partial charge is 0.146 e. The molecule has 1 unspecified atom stereocenters. The summed E-state index contributed by atoms with van der Waals surface area (Å²) in [5.41, 5.74) is 4.02. The molecule has 21 heavy (non-hydrogen) atoms. The first-order chi connectivity index (χ1) is 10.1. The van der Waals surface area contributed by atoms with Crippen LogP contribution in [0.5, 0.6) is 5.75 Å². The third kappa shape index (κ3) is 3.74. The molecule has 0 bridgehead atoms. The van der Waals surface area contributed by atoms with E-state index in [0.29, 0.717) is 12.0 Å². The first kappa shape index (κ1) is 16.2. The number of nitrogens with one attached hydrogen (secondary N) is 1. The second-order valence-corrected chi connectivity index (χ2v) is 5.79. The van der Waals surface area contributed by atoms with Crippen molar-refractivity contribution >= 4 is 27.5 Å². The second-order valence-electron chi connectivity index (χ2n) is 4.52. The van der Waals surface area contributed by atoms with Crippen molar-refractivity contribution in [3.05, 3.63) is 62.8 Å². The summed E-state index contributed by atoms with van der Waals surface area (Å²) in [6, 6.07) is 10.1. The maximum atomic E-state index is 14.1. The summed E-state index contributed by atoms with van der Waals surface area (Å²) in [6.45, 7) is 0. The number of benzene rings is 2. The van der Waals surface area contributed by atoms with Gasteiger partial charge in [0, 0.05) is 10.0 Å². The number of hydrogen-bond donors (Lipinski definition) is 2. The van der Waals surface area contributed by atoms with E-state index in [1.54, 1.807) is 19.2 Å². The molecule has 0 amide bonds. The van der Waals surface area contributed by atoms with Crippen LogP contribution in [-0.4, -0.2) is 7.11 Å². The summed E-state index contributed by atoms with van der Waals surface area (Å²) in [5, 5.41) is 0.0810. The van der Waals surface area contributed by atoms with Crippen LogP contribution >= 0.6 is 27.5 Å². The minimum absolute atomic E-state index is 0.0810. The van der Waals surface area contributed by atoms with E-state index in [1.165, 1.54) is 6.07 Å². The highest BCUT2D eigenvalue weighted by atomic mass is 79.9. The van der Waals surface area contributed by atoms with Crippen LogP contribution in [0.1, 0.15) is 17.2 Å². The van der Waals surface area contributed by atoms with Crippen molar-refractivity contribution in [2.24, 2.45) is 5.84 Å². The van der Waals surface area contributed by atoms with E-state index >= 15 is 0 Å². The zero-order valence-corrected chi connectivity index (χ0v) is 13.7. The number of hydrogen-bond acceptors (Lipinski definition) is 3. The lowest BCUT2D eigenvalue weighted by molar-refractivity contribution is 0.413. The molecular weight excluding hydrogens is 359 g/mol. The number of hydrazine groups is 1. The molecule has 2 rings (SSSR count). The molecule has 0 radical (unpaired) electrons. The maximum Gasteiger partial charge on any atom is 0.146 e. The molecule has 3 N–H and O–H groups in total. The fourth-order valence-electron chi connectivity index (χ4n) is 2.10. The zero-order chi connectivity index (χ0) is 15.4. The molecule has 0 aliphatic rings. The van der Waals surface area contributed by atoms with Crippen molar-refractivity contribution in [2.45, 2.75) is 12.5 Å². The summed E-state index contributed by atoms with van der Waals surface area (Å²) in [5.74, 6) is 5.86. The SMILES string of the molecule is COc1ccc(Br)c(CC(NN)c2cccc(Cl)c2F)c1. The van der Waals surface area contributed by atoms with Gasteiger partial charge in [-0.1, -0.05) is 39.7 Å². The van der Waals surface area contributed by atoms with Crippen LogP contribution in [0, 0.1) is 5.82 Å². The minimum Gasteiger partial charge on any atom is -0.497 e. The number of ether oxygens (including phenoxy) is 1. The molecule has 0 heterocycles. The fourth-order valence-corrected chi connectivity index (χ4v) is 2.69. The van der Waals surface area contributed by atoms with Gasteiger partial charge in [0.1, 0.15) is 11.6 Å². The van der Waals surface area contributed by atoms with Gasteiger partial charge in [-0.3, -0.25) is 11.3 Å². The van der Waals surface area contributed by atoms with Gasteiger partial charge in [-0.2, -0.15) is 0 Å². The molecular formula is C15H15BrClFN2O. The summed E-state index contributed by atoms with van der Waals surface area (Å²) in [4.78, 5) is 0. The van der Waals surface area contributed by atoms with Crippen LogP contribution in [0.25, 0.3) is 0 Å². The van der Waals surface area contributed by atoms with Crippen LogP contribution in [-0.2, 0) is 6.42 Å². The minimum atomic E-state index is -0.457. The highest BCUT2D eigenvalue weighted by Gasteiger charge is 2.18. The molecule has 1 atom stereocenters. The van der Waals surface area contributed by atoms with Crippen LogP contribution in [0.2, 0.25) is 5.02 Å². The number of halogens is 3. The van der Waals surface area contributed by atoms with Crippen LogP contribution in [0.15, 0.2) is 40.9 Å². The molecule has 0 saturated carbocycles. The van der Waals surface area contributed by atoms with Crippen molar-refractivity contribution in [1.82, 2.24) is 5.43 Å². The van der Waals surface area contributed by atoms with Crippen LogP contribution < -0.4 is 16.0 Å². The molecule has 3 nitrogen and oxygen atoms in total. The first-order valence-corrected chi connectivity index (χ1v) is 7.46. The summed E-state index contributed by atoms with van der Waals surface area (Å²) < 4.78 is 20.2. The Labute approximate surface area is 136 Å². The highest BCUT2D eigenvalue weighted by molar-refractivity contribution is 9.10. The number of nitrogens with two attached hydrogens (primary N) is 1. The first-order valence-electron chi connectivity index (χ1n) is 6.29. The van der Waals surface area contributed by atoms with Gasteiger partial charge in [0.25, 0.3) is 0 Å². The summed E-state index contributed by atoms with van der Waals surface area (Å²) in [6.07, 6.45) is 0.492. The Kier molecular flexibility index (Phi) is 5.58. The van der Waals surface area contributed by atoms with Gasteiger partial charge in [-0.05, 0) is 36.2 Å². The predicted molar refractivity (Wildman–Crippen MR) is 85.9 cm³/mol. The monoisotopic (exact) mass is 372 g/mol. The predicted octanol–water partition coefficient (Wildman–Crippen LogP) is 4.00. The van der Waals surface area contributed by atoms with Crippen LogP contribution in [0.3, 0.4) is 0 Å². The molecule has 0 aliphatic heterocycles. The lowest BCUT2D eigenvalue weighted by Crippen LogP contribution is -2.30. The van der Waals surface area contributed by atoms with Gasteiger partial charge in [-0.15, -0.1) is 0 Å². The van der Waals surface area contributed by atoms with E-state index in [4.69, 9.17) is 22.2 Å². The Morgan fingerprint density at radius 3 is 2.81 bits per heavy atom. The molecule has 2 aromatic carbocycles. The molecule has 112 valence electrons. The van der Waals surface area contributed by atoms with Gasteiger partial charge < -0.3 is 4.74 Å². The van der Waals surface area contributed by atoms with E-state index in [9.17, 15) is 4.39 Å². The molecule has 2 aromatic rings. The molecule has 0 fully saturated rings. The van der Waals surface area contributed by atoms with Crippen molar-refractivity contribution in [1.29, 1.82) is 0 Å². The van der Waals surface area contributed by atoms with Crippen molar-refractivity contribution in [3.8, 4) is 5.75 Å². The van der Waals surface area contributed by atoms with E-state index in [-0.39, 0.29) is 5.02 Å². The van der Waals surface area contributed by atoms with E-state index in [0.717, 1.165) is 15.8 Å². The van der Waals surface area contributed by atoms with E-state index in [2.05, 4.69) is 21.4 Å². The Morgan fingerprint density at radius 1 is 1.38 bits per heavy atom. The lowest BCUT2D eigenvalue weighted by atomic mass is 9.99. The van der Waals surface area contributed by atoms with Crippen molar-refractivity contribution < 1.29 is 9.13 Å². The van der Waals surface area contributed by atoms with Crippen molar-refractivity contribution in [3.63, 3.8) is 0 Å². The maximum absolute atomic E-state index is 14.1. The molecule has 0 saturated heterocycles. The van der Waals surface area contributed by atoms with Gasteiger partial charge in [-0.25, -0.2) is 4.39 Å². The molecule has 0 aliphatic carbocycles. The van der Waals surface area contributed by atoms with Gasteiger partial charge in [0.05, 0.1) is 18.2 Å². The van der Waals surface area contributed by atoms with Gasteiger partial charge in [0.2, 0.25) is 0 Å². The molecule has 6 heteroatoms. The largest absolute Gasteiger partial charge is 0.497 e. The third-order valence-electron chi connectivity index (χ3n) is 3.23. The zero-order valence-electron chi connectivity index (χ0n) is 11.4. The standard InChI is InChI=1S/C15H15BrClFN2O/c1-21-10-5-6-12(16)9(7-10)8-14(20-19)11-3-2-4-13(17)15(11)18/h2-7,14,20H,8,19H2,1H3. The highest BCUT2D eigenvalue weighted by Crippen LogP contribution is 2.29. The third-order valence-corrected chi connectivity index (χ3v) is 4.30. The Morgan fingerprint density at radius 2 is 2.14 bits per heavy atom. The lowest BCUT2D eigenvalue weighted by Gasteiger charge is -2.19. The van der Waals surface area contributed by atoms with Gasteiger partial charge >= 0.3 is 0 Å². The van der Waals surface area contributed by atoms with E-state index in [1.807, 2.05) is 18.2 Å². The van der Waals surface area contributed by atoms with E-state index < -0.39 is 11.9 Å². The molecule has 0 spiro atoms. The summed E-state index contributed by atoms with van der Waals surface area (Å²) in [7, 11) is 1.60. The van der Waals surface area contributed by atoms with Crippen LogP contribution in [0.4, 0.5) is 4.39 Å². The fraction of sp³-hybridized carbons (Fsp3) is 0.200. The Hall–Kier alpha value is -1.14. The Balaban J connectivity index is 2.33.